The van der Waals surface area contributed by atoms with E-state index in [0.29, 0.717) is 47.6 Å². The smallest absolute Gasteiger partial charge is 0.338 e. The van der Waals surface area contributed by atoms with E-state index in [2.05, 4.69) is 9.97 Å². The Morgan fingerprint density at radius 3 is 2.45 bits per heavy atom. The zero-order valence-corrected chi connectivity index (χ0v) is 23.7. The Bertz CT molecular complexity index is 1630. The van der Waals surface area contributed by atoms with Crippen LogP contribution in [0.2, 0.25) is 5.02 Å². The second kappa shape index (κ2) is 9.96. The van der Waals surface area contributed by atoms with Gasteiger partial charge in [-0.2, -0.15) is 0 Å². The van der Waals surface area contributed by atoms with Crippen LogP contribution in [0.1, 0.15) is 85.7 Å². The van der Waals surface area contributed by atoms with Gasteiger partial charge in [-0.3, -0.25) is 4.79 Å². The van der Waals surface area contributed by atoms with Crippen LogP contribution in [0.25, 0.3) is 22.4 Å². The van der Waals surface area contributed by atoms with Crippen molar-refractivity contribution in [2.75, 3.05) is 6.54 Å². The molecule has 0 bridgehead atoms. The molecule has 5 rings (SSSR count). The summed E-state index contributed by atoms with van der Waals surface area (Å²) < 4.78 is 20.4. The van der Waals surface area contributed by atoms with Gasteiger partial charge in [-0.1, -0.05) is 38.4 Å². The molecule has 1 atom stereocenters. The van der Waals surface area contributed by atoms with Crippen LogP contribution in [-0.4, -0.2) is 48.9 Å². The van der Waals surface area contributed by atoms with Gasteiger partial charge in [0, 0.05) is 47.6 Å². The third kappa shape index (κ3) is 5.18. The van der Waals surface area contributed by atoms with E-state index < -0.39 is 17.3 Å². The zero-order chi connectivity index (χ0) is 29.0. The highest BCUT2D eigenvalue weighted by molar-refractivity contribution is 6.30. The summed E-state index contributed by atoms with van der Waals surface area (Å²) in [5.74, 6) is -1.12. The molecule has 1 fully saturated rings. The lowest BCUT2D eigenvalue weighted by Crippen LogP contribution is -2.52. The summed E-state index contributed by atoms with van der Waals surface area (Å²) >= 11 is 5.88. The van der Waals surface area contributed by atoms with Gasteiger partial charge >= 0.3 is 5.97 Å². The lowest BCUT2D eigenvalue weighted by Gasteiger charge is -2.44. The van der Waals surface area contributed by atoms with Crippen molar-refractivity contribution < 1.29 is 23.5 Å². The van der Waals surface area contributed by atoms with Crippen LogP contribution in [-0.2, 0) is 5.41 Å². The average molecular weight is 565 g/mol. The number of fused-ring (bicyclic) bond motifs is 1. The van der Waals surface area contributed by atoms with Crippen molar-refractivity contribution in [3.63, 3.8) is 0 Å². The van der Waals surface area contributed by atoms with E-state index in [4.69, 9.17) is 26.1 Å². The molecule has 0 aliphatic carbocycles. The number of aromatic carboxylic acids is 1. The van der Waals surface area contributed by atoms with Gasteiger partial charge in [0.05, 0.1) is 16.3 Å². The van der Waals surface area contributed by atoms with E-state index >= 15 is 0 Å². The fourth-order valence-corrected chi connectivity index (χ4v) is 5.40. The van der Waals surface area contributed by atoms with Crippen LogP contribution < -0.4 is 0 Å². The number of hydrogen-bond donors (Lipinski definition) is 1. The van der Waals surface area contributed by atoms with E-state index in [1.807, 2.05) is 40.7 Å². The Kier molecular flexibility index (Phi) is 6.90. The third-order valence-corrected chi connectivity index (χ3v) is 7.73. The summed E-state index contributed by atoms with van der Waals surface area (Å²) in [7, 11) is 0. The first-order valence-corrected chi connectivity index (χ1v) is 13.4. The molecule has 4 aromatic rings. The second-order valence-corrected chi connectivity index (χ2v) is 12.3. The highest BCUT2D eigenvalue weighted by atomic mass is 35.5. The van der Waals surface area contributed by atoms with E-state index in [0.717, 1.165) is 5.56 Å². The minimum absolute atomic E-state index is 0.0194. The molecule has 1 aliphatic heterocycles. The topological polar surface area (TPSA) is 109 Å². The maximum atomic E-state index is 14.2. The number of carboxylic acid groups (broad SMARTS) is 1. The van der Waals surface area contributed by atoms with E-state index in [1.54, 1.807) is 17.0 Å². The number of carbonyl (C=O) groups excluding carboxylic acids is 1. The average Bonchev–Trinajstić information content (AvgIpc) is 3.32. The number of rotatable bonds is 4. The van der Waals surface area contributed by atoms with Crippen molar-refractivity contribution in [1.29, 1.82) is 0 Å². The minimum atomic E-state index is -1.07. The molecule has 1 aliphatic rings. The van der Waals surface area contributed by atoms with Gasteiger partial charge in [0.25, 0.3) is 5.91 Å². The van der Waals surface area contributed by atoms with Crippen LogP contribution in [0.4, 0.5) is 4.39 Å². The van der Waals surface area contributed by atoms with Gasteiger partial charge in [-0.25, -0.2) is 24.1 Å². The summed E-state index contributed by atoms with van der Waals surface area (Å²) in [6, 6.07) is 8.08. The molecule has 0 saturated carbocycles. The van der Waals surface area contributed by atoms with Crippen LogP contribution >= 0.6 is 11.6 Å². The third-order valence-electron chi connectivity index (χ3n) is 7.42. The maximum Gasteiger partial charge on any atom is 0.338 e. The molecular formula is C30H30ClFN4O4. The van der Waals surface area contributed by atoms with Gasteiger partial charge in [-0.15, -0.1) is 0 Å². The van der Waals surface area contributed by atoms with Crippen molar-refractivity contribution in [2.45, 2.75) is 64.3 Å². The molecule has 0 spiro atoms. The fraction of sp³-hybridized carbons (Fsp3) is 0.367. The number of likely N-dealkylation sites (tertiary alicyclic amines) is 1. The van der Waals surface area contributed by atoms with E-state index in [9.17, 15) is 14.0 Å². The first-order valence-electron chi connectivity index (χ1n) is 13.0. The predicted molar refractivity (Wildman–Crippen MR) is 149 cm³/mol. The highest BCUT2D eigenvalue weighted by Crippen LogP contribution is 2.39. The monoisotopic (exact) mass is 564 g/mol. The van der Waals surface area contributed by atoms with Crippen LogP contribution in [0.5, 0.6) is 0 Å². The molecule has 8 nitrogen and oxygen atoms in total. The van der Waals surface area contributed by atoms with E-state index in [1.165, 1.54) is 24.5 Å². The summed E-state index contributed by atoms with van der Waals surface area (Å²) in [4.78, 5) is 40.0. The van der Waals surface area contributed by atoms with Crippen molar-refractivity contribution in [2.24, 2.45) is 0 Å². The number of amides is 1. The number of furan rings is 1. The lowest BCUT2D eigenvalue weighted by atomic mass is 9.82. The largest absolute Gasteiger partial charge is 0.478 e. The van der Waals surface area contributed by atoms with Crippen molar-refractivity contribution in [1.82, 2.24) is 19.9 Å². The fourth-order valence-electron chi connectivity index (χ4n) is 5.28. The summed E-state index contributed by atoms with van der Waals surface area (Å²) in [6.45, 7) is 10.5. The molecule has 3 aromatic heterocycles. The molecule has 1 saturated heterocycles. The summed E-state index contributed by atoms with van der Waals surface area (Å²) in [6.07, 6.45) is 3.86. The molecule has 10 heteroatoms. The number of carboxylic acids is 1. The molecule has 40 heavy (non-hydrogen) atoms. The van der Waals surface area contributed by atoms with Crippen LogP contribution in [0, 0.1) is 5.82 Å². The lowest BCUT2D eigenvalue weighted by molar-refractivity contribution is 0.0359. The summed E-state index contributed by atoms with van der Waals surface area (Å²) in [5, 5.41) is 9.16. The first-order chi connectivity index (χ1) is 18.7. The van der Waals surface area contributed by atoms with Crippen LogP contribution in [0.15, 0.2) is 47.1 Å². The first kappa shape index (κ1) is 27.7. The molecule has 1 aromatic carbocycles. The molecule has 4 heterocycles. The van der Waals surface area contributed by atoms with Crippen LogP contribution in [0.3, 0.4) is 0 Å². The number of aromatic nitrogens is 3. The normalized spacial score (nSPS) is 17.3. The molecule has 0 radical (unpaired) electrons. The van der Waals surface area contributed by atoms with Gasteiger partial charge < -0.3 is 14.4 Å². The predicted octanol–water partition coefficient (Wildman–Crippen LogP) is 6.87. The number of carbonyl (C=O) groups is 2. The molecule has 1 amide bonds. The molecule has 1 N–H and O–H groups in total. The number of halogens is 2. The Labute approximate surface area is 236 Å². The summed E-state index contributed by atoms with van der Waals surface area (Å²) in [5.41, 5.74) is 2.17. The minimum Gasteiger partial charge on any atom is -0.478 e. The number of benzene rings is 1. The van der Waals surface area contributed by atoms with E-state index in [-0.39, 0.29) is 33.6 Å². The SMILES string of the molecule is CC(C)(C)c1cc(-c2ccc(Cl)c(F)c2)nc2cc(C(=O)N3CCC(c4ncc(C(=O)O)cn4)CC3(C)C)oc12. The van der Waals surface area contributed by atoms with Crippen molar-refractivity contribution >= 4 is 34.6 Å². The molecule has 1 unspecified atom stereocenters. The van der Waals surface area contributed by atoms with Gasteiger partial charge in [0.2, 0.25) is 0 Å². The Morgan fingerprint density at radius 2 is 1.85 bits per heavy atom. The number of hydrogen-bond acceptors (Lipinski definition) is 6. The molecular weight excluding hydrogens is 535 g/mol. The zero-order valence-electron chi connectivity index (χ0n) is 23.0. The standard InChI is InChI=1S/C30H30ClFN4O4/c1-29(2,3)19-11-22(16-6-7-20(31)21(32)10-16)35-23-12-24(40-25(19)23)27(37)36-9-8-17(13-30(36,4)5)26-33-14-18(15-34-26)28(38)39/h6-7,10-12,14-15,17H,8-9,13H2,1-5H3,(H,38,39). The second-order valence-electron chi connectivity index (χ2n) is 11.9. The molecule has 208 valence electrons. The quantitative estimate of drug-likeness (QED) is 0.288. The Hall–Kier alpha value is -3.85. The number of pyridine rings is 1. The Morgan fingerprint density at radius 1 is 1.15 bits per heavy atom. The van der Waals surface area contributed by atoms with Crippen molar-refractivity contribution in [3.8, 4) is 11.3 Å². The maximum absolute atomic E-state index is 14.2. The van der Waals surface area contributed by atoms with Gasteiger partial charge in [0.15, 0.2) is 11.3 Å². The highest BCUT2D eigenvalue weighted by Gasteiger charge is 2.40. The number of nitrogens with zero attached hydrogens (tertiary/aromatic N) is 4. The van der Waals surface area contributed by atoms with Gasteiger partial charge in [-0.05, 0) is 50.3 Å². The Balaban J connectivity index is 1.46. The van der Waals surface area contributed by atoms with Gasteiger partial charge in [0.1, 0.15) is 17.2 Å². The number of piperidine rings is 1. The van der Waals surface area contributed by atoms with Crippen molar-refractivity contribution in [3.05, 3.63) is 76.3 Å².